The molecule has 0 atom stereocenters. The van der Waals surface area contributed by atoms with Gasteiger partial charge in [0.1, 0.15) is 11.6 Å². The monoisotopic (exact) mass is 294 g/mol. The summed E-state index contributed by atoms with van der Waals surface area (Å²) in [6, 6.07) is 6.37. The maximum Gasteiger partial charge on any atom is 0.230 e. The Balaban J connectivity index is 1.77. The Morgan fingerprint density at radius 1 is 1.45 bits per heavy atom. The summed E-state index contributed by atoms with van der Waals surface area (Å²) >= 11 is 1.24. The number of nitrogens with zero attached hydrogens (tertiary/aromatic N) is 2. The number of benzene rings is 1. The summed E-state index contributed by atoms with van der Waals surface area (Å²) in [5, 5.41) is 9.97. The van der Waals surface area contributed by atoms with Gasteiger partial charge in [-0.3, -0.25) is 9.89 Å². The van der Waals surface area contributed by atoms with Gasteiger partial charge in [0, 0.05) is 18.5 Å². The molecule has 0 fully saturated rings. The normalized spacial score (nSPS) is 10.5. The Bertz CT molecular complexity index is 587. The smallest absolute Gasteiger partial charge is 0.230 e. The van der Waals surface area contributed by atoms with E-state index in [0.717, 1.165) is 12.2 Å². The predicted molar refractivity (Wildman–Crippen MR) is 74.7 cm³/mol. The summed E-state index contributed by atoms with van der Waals surface area (Å²) in [5.41, 5.74) is 0.469. The maximum absolute atomic E-state index is 13.4. The Morgan fingerprint density at radius 2 is 2.25 bits per heavy atom. The number of nitrogens with one attached hydrogen (secondary N) is 2. The molecule has 0 aliphatic carbocycles. The van der Waals surface area contributed by atoms with E-state index in [2.05, 4.69) is 20.5 Å². The molecule has 2 rings (SSSR count). The second-order valence-corrected chi connectivity index (χ2v) is 5.02. The zero-order chi connectivity index (χ0) is 14.4. The van der Waals surface area contributed by atoms with Crippen LogP contribution >= 0.6 is 11.8 Å². The lowest BCUT2D eigenvalue weighted by molar-refractivity contribution is -0.118. The van der Waals surface area contributed by atoms with Gasteiger partial charge < -0.3 is 5.32 Å². The van der Waals surface area contributed by atoms with Crippen LogP contribution in [0.2, 0.25) is 0 Å². The number of rotatable bonds is 6. The molecule has 5 nitrogen and oxygen atoms in total. The number of aromatic nitrogens is 3. The molecule has 0 aliphatic rings. The molecule has 1 amide bonds. The highest BCUT2D eigenvalue weighted by Crippen LogP contribution is 2.12. The van der Waals surface area contributed by atoms with Gasteiger partial charge in [-0.05, 0) is 6.07 Å². The summed E-state index contributed by atoms with van der Waals surface area (Å²) in [6.45, 7) is 2.15. The first-order valence-corrected chi connectivity index (χ1v) is 7.21. The fourth-order valence-electron chi connectivity index (χ4n) is 1.52. The van der Waals surface area contributed by atoms with E-state index in [-0.39, 0.29) is 24.0 Å². The predicted octanol–water partition coefficient (Wildman–Crippen LogP) is 1.91. The molecule has 0 saturated carbocycles. The summed E-state index contributed by atoms with van der Waals surface area (Å²) in [4.78, 5) is 15.8. The average Bonchev–Trinajstić information content (AvgIpc) is 2.92. The van der Waals surface area contributed by atoms with Gasteiger partial charge in [-0.25, -0.2) is 9.37 Å². The molecule has 106 valence electrons. The second kappa shape index (κ2) is 7.04. The number of carbonyl (C=O) groups excluding carboxylic acids is 1. The van der Waals surface area contributed by atoms with Crippen molar-refractivity contribution in [2.45, 2.75) is 25.0 Å². The minimum atomic E-state index is -0.318. The zero-order valence-electron chi connectivity index (χ0n) is 11.0. The lowest BCUT2D eigenvalue weighted by atomic mass is 10.2. The molecule has 7 heteroatoms. The van der Waals surface area contributed by atoms with Gasteiger partial charge in [-0.15, -0.1) is 5.10 Å². The molecule has 2 N–H and O–H groups in total. The van der Waals surface area contributed by atoms with Crippen LogP contribution in [-0.4, -0.2) is 26.8 Å². The van der Waals surface area contributed by atoms with E-state index in [1.807, 2.05) is 6.92 Å². The molecule has 1 heterocycles. The first kappa shape index (κ1) is 14.5. The first-order chi connectivity index (χ1) is 9.69. The number of amides is 1. The number of H-pyrrole nitrogens is 1. The third-order valence-corrected chi connectivity index (χ3v) is 3.46. The molecular formula is C13H15FN4OS. The number of carbonyl (C=O) groups is 1. The fraction of sp³-hybridized carbons (Fsp3) is 0.308. The van der Waals surface area contributed by atoms with Crippen LogP contribution in [0.1, 0.15) is 18.3 Å². The van der Waals surface area contributed by atoms with Gasteiger partial charge in [-0.2, -0.15) is 0 Å². The standard InChI is InChI=1S/C13H15FN4OS/c1-2-11-16-13(18-17-11)20-8-12(19)15-7-9-5-3-4-6-10(9)14/h3-6H,2,7-8H2,1H3,(H,15,19)(H,16,17,18). The largest absolute Gasteiger partial charge is 0.351 e. The van der Waals surface area contributed by atoms with E-state index in [0.29, 0.717) is 10.7 Å². The van der Waals surface area contributed by atoms with E-state index >= 15 is 0 Å². The summed E-state index contributed by atoms with van der Waals surface area (Å²) < 4.78 is 13.4. The van der Waals surface area contributed by atoms with Gasteiger partial charge in [0.15, 0.2) is 0 Å². The molecule has 0 bridgehead atoms. The molecule has 20 heavy (non-hydrogen) atoms. The highest BCUT2D eigenvalue weighted by Gasteiger charge is 2.08. The number of hydrogen-bond acceptors (Lipinski definition) is 4. The van der Waals surface area contributed by atoms with Gasteiger partial charge in [0.2, 0.25) is 11.1 Å². The molecule has 0 saturated heterocycles. The van der Waals surface area contributed by atoms with Crippen molar-refractivity contribution in [3.63, 3.8) is 0 Å². The Kier molecular flexibility index (Phi) is 5.11. The molecule has 0 aliphatic heterocycles. The van der Waals surface area contributed by atoms with Crippen LogP contribution in [-0.2, 0) is 17.8 Å². The van der Waals surface area contributed by atoms with Crippen LogP contribution in [0.5, 0.6) is 0 Å². The average molecular weight is 294 g/mol. The van der Waals surface area contributed by atoms with Crippen LogP contribution in [0.15, 0.2) is 29.4 Å². The van der Waals surface area contributed by atoms with Crippen LogP contribution in [0.25, 0.3) is 0 Å². The Labute approximate surface area is 120 Å². The Hall–Kier alpha value is -1.89. The lowest BCUT2D eigenvalue weighted by Gasteiger charge is -2.05. The number of halogens is 1. The topological polar surface area (TPSA) is 70.7 Å². The highest BCUT2D eigenvalue weighted by atomic mass is 32.2. The van der Waals surface area contributed by atoms with Crippen molar-refractivity contribution >= 4 is 17.7 Å². The fourth-order valence-corrected chi connectivity index (χ4v) is 2.16. The number of thioether (sulfide) groups is 1. The third kappa shape index (κ3) is 4.06. The number of aryl methyl sites for hydroxylation is 1. The summed E-state index contributed by atoms with van der Waals surface area (Å²) in [5.74, 6) is 0.498. The van der Waals surface area contributed by atoms with Crippen LogP contribution < -0.4 is 5.32 Å². The van der Waals surface area contributed by atoms with Crippen LogP contribution in [0, 0.1) is 5.82 Å². The maximum atomic E-state index is 13.4. The van der Waals surface area contributed by atoms with E-state index in [1.165, 1.54) is 17.8 Å². The molecule has 0 radical (unpaired) electrons. The van der Waals surface area contributed by atoms with Crippen molar-refractivity contribution < 1.29 is 9.18 Å². The van der Waals surface area contributed by atoms with E-state index in [4.69, 9.17) is 0 Å². The van der Waals surface area contributed by atoms with E-state index in [1.54, 1.807) is 18.2 Å². The summed E-state index contributed by atoms with van der Waals surface area (Å²) in [7, 11) is 0. The van der Waals surface area contributed by atoms with E-state index < -0.39 is 0 Å². The van der Waals surface area contributed by atoms with Crippen molar-refractivity contribution in [2.75, 3.05) is 5.75 Å². The minimum absolute atomic E-state index is 0.180. The first-order valence-electron chi connectivity index (χ1n) is 6.23. The number of aromatic amines is 1. The van der Waals surface area contributed by atoms with Gasteiger partial charge in [0.25, 0.3) is 0 Å². The minimum Gasteiger partial charge on any atom is -0.351 e. The van der Waals surface area contributed by atoms with Crippen LogP contribution in [0.4, 0.5) is 4.39 Å². The molecule has 0 unspecified atom stereocenters. The van der Waals surface area contributed by atoms with Gasteiger partial charge in [0.05, 0.1) is 5.75 Å². The highest BCUT2D eigenvalue weighted by molar-refractivity contribution is 7.99. The second-order valence-electron chi connectivity index (χ2n) is 4.08. The van der Waals surface area contributed by atoms with Gasteiger partial charge in [-0.1, -0.05) is 36.9 Å². The molecular weight excluding hydrogens is 279 g/mol. The summed E-state index contributed by atoms with van der Waals surface area (Å²) in [6.07, 6.45) is 0.771. The zero-order valence-corrected chi connectivity index (χ0v) is 11.8. The Morgan fingerprint density at radius 3 is 2.95 bits per heavy atom. The van der Waals surface area contributed by atoms with Crippen molar-refractivity contribution in [2.24, 2.45) is 0 Å². The van der Waals surface area contributed by atoms with Crippen molar-refractivity contribution in [1.82, 2.24) is 20.5 Å². The quantitative estimate of drug-likeness (QED) is 0.799. The van der Waals surface area contributed by atoms with Crippen molar-refractivity contribution in [1.29, 1.82) is 0 Å². The molecule has 1 aromatic heterocycles. The molecule has 2 aromatic rings. The SMILES string of the molecule is CCc1nc(SCC(=O)NCc2ccccc2F)n[nH]1. The third-order valence-electron chi connectivity index (χ3n) is 2.61. The van der Waals surface area contributed by atoms with Crippen molar-refractivity contribution in [3.05, 3.63) is 41.5 Å². The van der Waals surface area contributed by atoms with E-state index in [9.17, 15) is 9.18 Å². The van der Waals surface area contributed by atoms with Crippen molar-refractivity contribution in [3.8, 4) is 0 Å². The lowest BCUT2D eigenvalue weighted by Crippen LogP contribution is -2.25. The van der Waals surface area contributed by atoms with Gasteiger partial charge >= 0.3 is 0 Å². The van der Waals surface area contributed by atoms with Crippen LogP contribution in [0.3, 0.4) is 0 Å². The number of hydrogen-bond donors (Lipinski definition) is 2. The molecule has 1 aromatic carbocycles. The molecule has 0 spiro atoms.